The van der Waals surface area contributed by atoms with Gasteiger partial charge in [-0.05, 0) is 44.9 Å². The number of aliphatic hydroxyl groups excluding tert-OH is 8. The van der Waals surface area contributed by atoms with Crippen LogP contribution in [0.1, 0.15) is 245 Å². The van der Waals surface area contributed by atoms with Crippen molar-refractivity contribution in [1.82, 2.24) is 5.32 Å². The van der Waals surface area contributed by atoms with Crippen LogP contribution in [0.5, 0.6) is 0 Å². The molecular formula is C58H109NO13. The third-order valence-electron chi connectivity index (χ3n) is 14.6. The minimum atomic E-state index is -1.79. The molecule has 0 aromatic rings. The fraction of sp³-hybridized carbons (Fsp3) is 0.914. The Morgan fingerprint density at radius 1 is 0.486 bits per heavy atom. The first-order chi connectivity index (χ1) is 35.1. The molecule has 0 aromatic heterocycles. The Kier molecular flexibility index (Phi) is 41.2. The molecule has 14 heteroatoms. The summed E-state index contributed by atoms with van der Waals surface area (Å²) in [6, 6.07) is -0.916. The van der Waals surface area contributed by atoms with Gasteiger partial charge in [-0.15, -0.1) is 0 Å². The van der Waals surface area contributed by atoms with Gasteiger partial charge in [-0.25, -0.2) is 0 Å². The van der Waals surface area contributed by atoms with Crippen molar-refractivity contribution in [3.63, 3.8) is 0 Å². The number of aliphatic hydroxyl groups is 8. The summed E-state index contributed by atoms with van der Waals surface area (Å²) in [5, 5.41) is 86.9. The van der Waals surface area contributed by atoms with E-state index in [0.717, 1.165) is 57.8 Å². The Morgan fingerprint density at radius 2 is 0.875 bits per heavy atom. The van der Waals surface area contributed by atoms with E-state index in [4.69, 9.17) is 18.9 Å². The van der Waals surface area contributed by atoms with Crippen molar-refractivity contribution in [3.8, 4) is 0 Å². The number of carbonyl (C=O) groups excluding carboxylic acids is 1. The summed E-state index contributed by atoms with van der Waals surface area (Å²) in [6.07, 6.45) is 35.2. The highest BCUT2D eigenvalue weighted by Crippen LogP contribution is 2.30. The maximum atomic E-state index is 13.2. The van der Waals surface area contributed by atoms with Gasteiger partial charge in [0.25, 0.3) is 0 Å². The molecule has 2 heterocycles. The van der Waals surface area contributed by atoms with Gasteiger partial charge in [0.1, 0.15) is 48.8 Å². The minimum absolute atomic E-state index is 0.248. The van der Waals surface area contributed by atoms with Crippen LogP contribution in [0.4, 0.5) is 0 Å². The van der Waals surface area contributed by atoms with Crippen molar-refractivity contribution >= 4 is 5.91 Å². The van der Waals surface area contributed by atoms with Gasteiger partial charge in [-0.1, -0.05) is 218 Å². The highest BCUT2D eigenvalue weighted by molar-refractivity contribution is 5.76. The molecule has 9 N–H and O–H groups in total. The van der Waals surface area contributed by atoms with E-state index in [1.165, 1.54) is 161 Å². The van der Waals surface area contributed by atoms with Gasteiger partial charge < -0.3 is 65.1 Å². The quantitative estimate of drug-likeness (QED) is 0.0205. The number of carbonyl (C=O) groups is 1. The smallest absolute Gasteiger partial charge is 0.220 e. The zero-order chi connectivity index (χ0) is 52.4. The van der Waals surface area contributed by atoms with E-state index in [0.29, 0.717) is 6.42 Å². The largest absolute Gasteiger partial charge is 0.394 e. The molecule has 2 aliphatic heterocycles. The maximum Gasteiger partial charge on any atom is 0.220 e. The predicted molar refractivity (Wildman–Crippen MR) is 286 cm³/mol. The zero-order valence-electron chi connectivity index (χ0n) is 45.4. The average Bonchev–Trinajstić information content (AvgIpc) is 3.38. The number of rotatable bonds is 47. The van der Waals surface area contributed by atoms with E-state index >= 15 is 0 Å². The van der Waals surface area contributed by atoms with Crippen LogP contribution in [-0.2, 0) is 23.7 Å². The molecular weight excluding hydrogens is 919 g/mol. The molecule has 2 saturated heterocycles. The molecule has 2 fully saturated rings. The Balaban J connectivity index is 1.73. The summed E-state index contributed by atoms with van der Waals surface area (Å²) in [7, 11) is 0. The maximum absolute atomic E-state index is 13.2. The van der Waals surface area contributed by atoms with Gasteiger partial charge in [0.15, 0.2) is 12.6 Å². The van der Waals surface area contributed by atoms with E-state index in [-0.39, 0.29) is 18.9 Å². The van der Waals surface area contributed by atoms with E-state index < -0.39 is 86.8 Å². The van der Waals surface area contributed by atoms with Gasteiger partial charge >= 0.3 is 0 Å². The number of allylic oxidation sites excluding steroid dienone is 3. The van der Waals surface area contributed by atoms with Crippen LogP contribution >= 0.6 is 0 Å². The number of amides is 1. The Morgan fingerprint density at radius 3 is 1.35 bits per heavy atom. The van der Waals surface area contributed by atoms with Crippen LogP contribution in [0.3, 0.4) is 0 Å². The van der Waals surface area contributed by atoms with E-state index in [1.54, 1.807) is 6.08 Å². The topological polar surface area (TPSA) is 228 Å². The van der Waals surface area contributed by atoms with E-state index in [9.17, 15) is 45.6 Å². The predicted octanol–water partition coefficient (Wildman–Crippen LogP) is 9.67. The lowest BCUT2D eigenvalue weighted by Crippen LogP contribution is -2.65. The summed E-state index contributed by atoms with van der Waals surface area (Å²) in [5.41, 5.74) is 0. The summed E-state index contributed by atoms with van der Waals surface area (Å²) in [6.45, 7) is 2.78. The molecule has 0 spiro atoms. The highest BCUT2D eigenvalue weighted by atomic mass is 16.7. The summed E-state index contributed by atoms with van der Waals surface area (Å²) in [5.74, 6) is -0.248. The third-order valence-corrected chi connectivity index (χ3v) is 14.6. The molecule has 0 aliphatic carbocycles. The van der Waals surface area contributed by atoms with Gasteiger partial charge in [-0.3, -0.25) is 4.79 Å². The molecule has 424 valence electrons. The number of ether oxygens (including phenoxy) is 4. The van der Waals surface area contributed by atoms with Crippen molar-refractivity contribution in [1.29, 1.82) is 0 Å². The van der Waals surface area contributed by atoms with E-state index in [1.807, 2.05) is 6.08 Å². The summed E-state index contributed by atoms with van der Waals surface area (Å²) >= 11 is 0. The molecule has 12 unspecified atom stereocenters. The lowest BCUT2D eigenvalue weighted by molar-refractivity contribution is -0.359. The van der Waals surface area contributed by atoms with Crippen LogP contribution in [0.25, 0.3) is 0 Å². The van der Waals surface area contributed by atoms with Crippen LogP contribution in [0, 0.1) is 0 Å². The number of hydrogen-bond donors (Lipinski definition) is 9. The second-order valence-electron chi connectivity index (χ2n) is 21.1. The standard InChI is InChI=1S/C58H109NO13/c1-3-5-7-9-11-13-15-17-18-19-20-21-22-23-24-25-26-27-28-29-30-31-33-35-37-39-41-47(62)46(59-50(63)42-40-38-36-34-32-16-14-12-10-8-6-4-2)45-69-57-55(68)53(66)56(49(44-61)71-57)72-58-54(67)52(65)51(64)48(43-60)70-58/h12,14,39,41,46-49,51-58,60-62,64-68H,3-11,13,15-38,40,42-45H2,1-2H3,(H,59,63)/b14-12-,41-39+. The van der Waals surface area contributed by atoms with Crippen molar-refractivity contribution in [3.05, 3.63) is 24.3 Å². The first kappa shape index (κ1) is 66.6. The first-order valence-corrected chi connectivity index (χ1v) is 29.6. The van der Waals surface area contributed by atoms with Crippen molar-refractivity contribution in [2.75, 3.05) is 19.8 Å². The van der Waals surface area contributed by atoms with Crippen LogP contribution < -0.4 is 5.32 Å². The SMILES string of the molecule is CCCCC/C=C\CCCCCCCC(=O)NC(COC1OC(CO)C(OC2OC(CO)C(O)C(O)C2O)C(O)C1O)C(O)/C=C/CCCCCCCCCCCCCCCCCCCCCCCCCC. The highest BCUT2D eigenvalue weighted by Gasteiger charge is 2.51. The first-order valence-electron chi connectivity index (χ1n) is 29.6. The summed E-state index contributed by atoms with van der Waals surface area (Å²) < 4.78 is 22.7. The molecule has 1 amide bonds. The minimum Gasteiger partial charge on any atom is -0.394 e. The van der Waals surface area contributed by atoms with Crippen LogP contribution in [-0.4, -0.2) is 140 Å². The lowest BCUT2D eigenvalue weighted by atomic mass is 9.97. The number of hydrogen-bond acceptors (Lipinski definition) is 13. The molecule has 2 rings (SSSR count). The summed E-state index contributed by atoms with van der Waals surface area (Å²) in [4.78, 5) is 13.2. The fourth-order valence-corrected chi connectivity index (χ4v) is 9.82. The molecule has 0 radical (unpaired) electrons. The second kappa shape index (κ2) is 44.6. The Hall–Kier alpha value is -1.53. The lowest BCUT2D eigenvalue weighted by Gasteiger charge is -2.46. The molecule has 0 aromatic carbocycles. The van der Waals surface area contributed by atoms with Crippen LogP contribution in [0.15, 0.2) is 24.3 Å². The van der Waals surface area contributed by atoms with Crippen LogP contribution in [0.2, 0.25) is 0 Å². The van der Waals surface area contributed by atoms with Gasteiger partial charge in [-0.2, -0.15) is 0 Å². The van der Waals surface area contributed by atoms with Crippen molar-refractivity contribution in [2.45, 2.75) is 319 Å². The molecule has 14 nitrogen and oxygen atoms in total. The van der Waals surface area contributed by atoms with Crippen molar-refractivity contribution in [2.24, 2.45) is 0 Å². The Bertz CT molecular complexity index is 1300. The molecule has 72 heavy (non-hydrogen) atoms. The monoisotopic (exact) mass is 1030 g/mol. The third kappa shape index (κ3) is 30.3. The average molecular weight is 1030 g/mol. The normalized spacial score (nSPS) is 25.7. The molecule has 0 saturated carbocycles. The van der Waals surface area contributed by atoms with Gasteiger partial charge in [0.2, 0.25) is 5.91 Å². The van der Waals surface area contributed by atoms with E-state index in [2.05, 4.69) is 31.3 Å². The number of unbranched alkanes of at least 4 members (excludes halogenated alkanes) is 32. The zero-order valence-corrected chi connectivity index (χ0v) is 45.4. The molecule has 12 atom stereocenters. The molecule has 0 bridgehead atoms. The van der Waals surface area contributed by atoms with Gasteiger partial charge in [0, 0.05) is 6.42 Å². The number of nitrogens with one attached hydrogen (secondary N) is 1. The van der Waals surface area contributed by atoms with Gasteiger partial charge in [0.05, 0.1) is 32.0 Å². The van der Waals surface area contributed by atoms with Crippen molar-refractivity contribution < 1.29 is 64.6 Å². The molecule has 2 aliphatic rings. The second-order valence-corrected chi connectivity index (χ2v) is 21.1. The Labute approximate surface area is 437 Å². The fourth-order valence-electron chi connectivity index (χ4n) is 9.82.